The van der Waals surface area contributed by atoms with E-state index >= 15 is 0 Å². The maximum Gasteiger partial charge on any atom is 0.0375 e. The Kier molecular flexibility index (Phi) is 5.07. The van der Waals surface area contributed by atoms with Crippen LogP contribution < -0.4 is 10.6 Å². The van der Waals surface area contributed by atoms with Gasteiger partial charge in [0.05, 0.1) is 0 Å². The smallest absolute Gasteiger partial charge is 0.0375 e. The van der Waals surface area contributed by atoms with Gasteiger partial charge in [-0.3, -0.25) is 0 Å². The highest BCUT2D eigenvalue weighted by Crippen LogP contribution is 2.28. The van der Waals surface area contributed by atoms with Crippen molar-refractivity contribution in [3.8, 4) is 0 Å². The van der Waals surface area contributed by atoms with Crippen LogP contribution in [0.3, 0.4) is 0 Å². The Bertz CT molecular complexity index is 386. The molecule has 0 heterocycles. The van der Waals surface area contributed by atoms with E-state index in [1.165, 1.54) is 48.0 Å². The molecule has 3 heteroatoms. The van der Waals surface area contributed by atoms with Crippen LogP contribution in [0, 0.1) is 5.92 Å². The number of anilines is 1. The second-order valence-corrected chi connectivity index (χ2v) is 6.20. The summed E-state index contributed by atoms with van der Waals surface area (Å²) in [7, 11) is 2.20. The van der Waals surface area contributed by atoms with Gasteiger partial charge in [0.2, 0.25) is 0 Å². The Labute approximate surface area is 119 Å². The molecule has 0 aliphatic heterocycles. The van der Waals surface area contributed by atoms with Crippen LogP contribution in [0.2, 0.25) is 0 Å². The average molecular weight is 311 g/mol. The van der Waals surface area contributed by atoms with E-state index in [-0.39, 0.29) is 0 Å². The Balaban J connectivity index is 2.01. The lowest BCUT2D eigenvalue weighted by Gasteiger charge is -2.23. The largest absolute Gasteiger partial charge is 0.374 e. The first-order valence-corrected chi connectivity index (χ1v) is 7.69. The van der Waals surface area contributed by atoms with Crippen LogP contribution >= 0.6 is 15.9 Å². The molecule has 18 heavy (non-hydrogen) atoms. The van der Waals surface area contributed by atoms with E-state index in [9.17, 15) is 0 Å². The van der Waals surface area contributed by atoms with Crippen LogP contribution in [0.1, 0.15) is 31.2 Å². The van der Waals surface area contributed by atoms with Gasteiger partial charge in [0.15, 0.2) is 0 Å². The Hall–Kier alpha value is -0.540. The van der Waals surface area contributed by atoms with Gasteiger partial charge in [-0.1, -0.05) is 34.8 Å². The number of nitrogens with two attached hydrogens (primary N) is 1. The molecule has 2 N–H and O–H groups in total. The highest BCUT2D eigenvalue weighted by molar-refractivity contribution is 9.10. The molecule has 1 fully saturated rings. The van der Waals surface area contributed by atoms with E-state index in [2.05, 4.69) is 46.1 Å². The van der Waals surface area contributed by atoms with Gasteiger partial charge in [0.1, 0.15) is 0 Å². The molecule has 1 saturated carbocycles. The topological polar surface area (TPSA) is 29.3 Å². The lowest BCUT2D eigenvalue weighted by molar-refractivity contribution is 0.547. The molecule has 0 radical (unpaired) electrons. The van der Waals surface area contributed by atoms with E-state index in [1.54, 1.807) is 0 Å². The van der Waals surface area contributed by atoms with E-state index in [0.717, 1.165) is 12.3 Å². The van der Waals surface area contributed by atoms with Crippen molar-refractivity contribution in [2.45, 2.75) is 32.1 Å². The summed E-state index contributed by atoms with van der Waals surface area (Å²) in [5, 5.41) is 0. The number of rotatable bonds is 5. The maximum atomic E-state index is 5.60. The van der Waals surface area contributed by atoms with Crippen LogP contribution in [0.25, 0.3) is 0 Å². The molecule has 1 aromatic rings. The molecular weight excluding hydrogens is 288 g/mol. The second kappa shape index (κ2) is 6.58. The summed E-state index contributed by atoms with van der Waals surface area (Å²) in [6.45, 7) is 1.89. The molecule has 100 valence electrons. The van der Waals surface area contributed by atoms with Gasteiger partial charge in [0, 0.05) is 23.8 Å². The zero-order valence-corrected chi connectivity index (χ0v) is 12.7. The molecule has 0 bridgehead atoms. The first kappa shape index (κ1) is 13.9. The molecule has 0 aromatic heterocycles. The number of hydrogen-bond donors (Lipinski definition) is 1. The minimum atomic E-state index is 0.704. The van der Waals surface area contributed by atoms with Gasteiger partial charge in [0.25, 0.3) is 0 Å². The van der Waals surface area contributed by atoms with Gasteiger partial charge in [-0.15, -0.1) is 0 Å². The first-order chi connectivity index (χ1) is 8.70. The lowest BCUT2D eigenvalue weighted by Crippen LogP contribution is -2.24. The zero-order chi connectivity index (χ0) is 13.0. The van der Waals surface area contributed by atoms with Crippen LogP contribution in [0.15, 0.2) is 22.7 Å². The monoisotopic (exact) mass is 310 g/mol. The van der Waals surface area contributed by atoms with Crippen molar-refractivity contribution in [3.05, 3.63) is 28.2 Å². The minimum absolute atomic E-state index is 0.704. The number of nitrogens with zero attached hydrogens (tertiary/aromatic N) is 1. The number of halogens is 1. The third-order valence-electron chi connectivity index (χ3n) is 3.90. The molecule has 2 rings (SSSR count). The molecule has 0 atom stereocenters. The van der Waals surface area contributed by atoms with Crippen molar-refractivity contribution in [1.29, 1.82) is 0 Å². The molecule has 1 aliphatic carbocycles. The third-order valence-corrected chi connectivity index (χ3v) is 4.64. The summed E-state index contributed by atoms with van der Waals surface area (Å²) in [5.74, 6) is 0.887. The SMILES string of the molecule is CN(CC1CCCC1)c1ccc(CCN)c(Br)c1. The maximum absolute atomic E-state index is 5.60. The predicted molar refractivity (Wildman–Crippen MR) is 82.1 cm³/mol. The van der Waals surface area contributed by atoms with Gasteiger partial charge < -0.3 is 10.6 Å². The standard InChI is InChI=1S/C15H23BrN2/c1-18(11-12-4-2-3-5-12)14-7-6-13(8-9-17)15(16)10-14/h6-7,10,12H,2-5,8-9,11,17H2,1H3. The third kappa shape index (κ3) is 3.48. The normalized spacial score (nSPS) is 16.2. The quantitative estimate of drug-likeness (QED) is 0.900. The minimum Gasteiger partial charge on any atom is -0.374 e. The fourth-order valence-electron chi connectivity index (χ4n) is 2.82. The molecule has 0 spiro atoms. The van der Waals surface area contributed by atoms with E-state index in [4.69, 9.17) is 5.73 Å². The van der Waals surface area contributed by atoms with Crippen molar-refractivity contribution in [3.63, 3.8) is 0 Å². The number of benzene rings is 1. The summed E-state index contributed by atoms with van der Waals surface area (Å²) >= 11 is 3.65. The second-order valence-electron chi connectivity index (χ2n) is 5.35. The molecule has 0 saturated heterocycles. The van der Waals surface area contributed by atoms with Crippen LogP contribution in [0.4, 0.5) is 5.69 Å². The van der Waals surface area contributed by atoms with Crippen molar-refractivity contribution in [2.75, 3.05) is 25.0 Å². The molecule has 0 amide bonds. The van der Waals surface area contributed by atoms with Crippen molar-refractivity contribution < 1.29 is 0 Å². The molecule has 1 aliphatic rings. The average Bonchev–Trinajstić information content (AvgIpc) is 2.84. The first-order valence-electron chi connectivity index (χ1n) is 6.90. The Morgan fingerprint density at radius 2 is 2.06 bits per heavy atom. The highest BCUT2D eigenvalue weighted by Gasteiger charge is 2.17. The highest BCUT2D eigenvalue weighted by atomic mass is 79.9. The number of hydrogen-bond acceptors (Lipinski definition) is 2. The van der Waals surface area contributed by atoms with Crippen LogP contribution in [-0.2, 0) is 6.42 Å². The van der Waals surface area contributed by atoms with Crippen LogP contribution in [-0.4, -0.2) is 20.1 Å². The van der Waals surface area contributed by atoms with Crippen LogP contribution in [0.5, 0.6) is 0 Å². The zero-order valence-electron chi connectivity index (χ0n) is 11.2. The van der Waals surface area contributed by atoms with Crippen molar-refractivity contribution in [1.82, 2.24) is 0 Å². The Morgan fingerprint density at radius 3 is 2.67 bits per heavy atom. The van der Waals surface area contributed by atoms with Gasteiger partial charge in [-0.25, -0.2) is 0 Å². The summed E-state index contributed by atoms with van der Waals surface area (Å²) in [6.07, 6.45) is 6.57. The summed E-state index contributed by atoms with van der Waals surface area (Å²) in [6, 6.07) is 6.63. The van der Waals surface area contributed by atoms with Crippen molar-refractivity contribution in [2.24, 2.45) is 11.7 Å². The fourth-order valence-corrected chi connectivity index (χ4v) is 3.38. The molecular formula is C15H23BrN2. The summed E-state index contributed by atoms with van der Waals surface area (Å²) < 4.78 is 1.18. The summed E-state index contributed by atoms with van der Waals surface area (Å²) in [5.41, 5.74) is 8.21. The van der Waals surface area contributed by atoms with Gasteiger partial charge >= 0.3 is 0 Å². The van der Waals surface area contributed by atoms with Gasteiger partial charge in [-0.05, 0) is 49.4 Å². The van der Waals surface area contributed by atoms with E-state index in [0.29, 0.717) is 6.54 Å². The van der Waals surface area contributed by atoms with E-state index < -0.39 is 0 Å². The molecule has 1 aromatic carbocycles. The Morgan fingerprint density at radius 1 is 1.33 bits per heavy atom. The van der Waals surface area contributed by atoms with E-state index in [1.807, 2.05) is 0 Å². The molecule has 0 unspecified atom stereocenters. The predicted octanol–water partition coefficient (Wildman–Crippen LogP) is 3.58. The van der Waals surface area contributed by atoms with Crippen molar-refractivity contribution >= 4 is 21.6 Å². The lowest BCUT2D eigenvalue weighted by atomic mass is 10.1. The molecule has 2 nitrogen and oxygen atoms in total. The summed E-state index contributed by atoms with van der Waals surface area (Å²) in [4.78, 5) is 2.38. The van der Waals surface area contributed by atoms with Gasteiger partial charge in [-0.2, -0.15) is 0 Å². The fraction of sp³-hybridized carbons (Fsp3) is 0.600.